The van der Waals surface area contributed by atoms with Gasteiger partial charge in [-0.3, -0.25) is 4.90 Å². The van der Waals surface area contributed by atoms with Gasteiger partial charge in [-0.15, -0.1) is 11.3 Å². The minimum Gasteiger partial charge on any atom is -0.497 e. The number of halogens is 3. The van der Waals surface area contributed by atoms with Crippen molar-refractivity contribution >= 4 is 56.4 Å². The summed E-state index contributed by atoms with van der Waals surface area (Å²) in [5.41, 5.74) is 7.00. The van der Waals surface area contributed by atoms with Crippen molar-refractivity contribution in [2.75, 3.05) is 44.2 Å². The first-order chi connectivity index (χ1) is 26.8. The first-order valence-electron chi connectivity index (χ1n) is 18.6. The van der Waals surface area contributed by atoms with Crippen molar-refractivity contribution in [3.05, 3.63) is 106 Å². The maximum atomic E-state index is 13.4. The van der Waals surface area contributed by atoms with Crippen LogP contribution in [0, 0.1) is 18.3 Å². The van der Waals surface area contributed by atoms with Crippen LogP contribution in [-0.2, 0) is 37.0 Å². The van der Waals surface area contributed by atoms with E-state index in [0.717, 1.165) is 88.1 Å². The fraction of sp³-hybridized carbons (Fsp3) is 0.357. The summed E-state index contributed by atoms with van der Waals surface area (Å²) >= 11 is 1.06. The summed E-state index contributed by atoms with van der Waals surface area (Å²) in [6, 6.07) is 24.4. The summed E-state index contributed by atoms with van der Waals surface area (Å²) in [6.07, 6.45) is -1.41. The van der Waals surface area contributed by atoms with E-state index in [1.165, 1.54) is 11.9 Å². The molecule has 6 aromatic rings. The van der Waals surface area contributed by atoms with Crippen LogP contribution in [0.3, 0.4) is 0 Å². The molecule has 0 aliphatic carbocycles. The average molecular weight is 800 g/mol. The topological polar surface area (TPSA) is 108 Å². The van der Waals surface area contributed by atoms with Gasteiger partial charge in [0.05, 0.1) is 18.9 Å². The van der Waals surface area contributed by atoms with E-state index < -0.39 is 19.7 Å². The number of benzene rings is 3. The second-order valence-corrected chi connectivity index (χ2v) is 19.2. The van der Waals surface area contributed by atoms with E-state index in [0.29, 0.717) is 41.2 Å². The van der Waals surface area contributed by atoms with E-state index in [2.05, 4.69) is 61.3 Å². The molecule has 292 valence electrons. The van der Waals surface area contributed by atoms with Crippen molar-refractivity contribution in [1.29, 1.82) is 5.26 Å². The lowest BCUT2D eigenvalue weighted by Gasteiger charge is -2.33. The lowest BCUT2D eigenvalue weighted by atomic mass is 10.0. The number of nitrogens with zero attached hydrogens (tertiary/aromatic N) is 5. The van der Waals surface area contributed by atoms with E-state index in [9.17, 15) is 23.0 Å². The highest BCUT2D eigenvalue weighted by Gasteiger charge is 2.29. The minimum absolute atomic E-state index is 0.149. The number of methoxy groups -OCH3 is 1. The van der Waals surface area contributed by atoms with E-state index in [4.69, 9.17) is 4.74 Å². The Bertz CT molecular complexity index is 2440. The van der Waals surface area contributed by atoms with Gasteiger partial charge in [0.25, 0.3) is 0 Å². The van der Waals surface area contributed by atoms with Gasteiger partial charge >= 0.3 is 6.18 Å². The molecular formula is C42H45F3N7O2PS. The van der Waals surface area contributed by atoms with E-state index in [1.54, 1.807) is 26.5 Å². The molecule has 7 rings (SSSR count). The summed E-state index contributed by atoms with van der Waals surface area (Å²) in [7, 11) is -0.957. The second-order valence-electron chi connectivity index (χ2n) is 14.9. The molecular weight excluding hydrogens is 755 g/mol. The van der Waals surface area contributed by atoms with Crippen LogP contribution in [0.2, 0.25) is 0 Å². The fourth-order valence-corrected chi connectivity index (χ4v) is 9.75. The summed E-state index contributed by atoms with van der Waals surface area (Å²) in [5, 5.41) is 19.6. The van der Waals surface area contributed by atoms with Gasteiger partial charge in [-0.05, 0) is 104 Å². The molecule has 9 nitrogen and oxygen atoms in total. The molecule has 0 spiro atoms. The first-order valence-corrected chi connectivity index (χ1v) is 22.1. The van der Waals surface area contributed by atoms with E-state index in [-0.39, 0.29) is 10.9 Å². The third-order valence-corrected chi connectivity index (χ3v) is 13.1. The molecule has 0 amide bonds. The maximum Gasteiger partial charge on any atom is 0.393 e. The number of thiophene rings is 1. The highest BCUT2D eigenvalue weighted by molar-refractivity contribution is 7.70. The van der Waals surface area contributed by atoms with Gasteiger partial charge in [0.2, 0.25) is 0 Å². The highest BCUT2D eigenvalue weighted by atomic mass is 32.1. The number of hydrogen-bond donors (Lipinski definition) is 2. The summed E-state index contributed by atoms with van der Waals surface area (Å²) in [5.74, 6) is 1.39. The summed E-state index contributed by atoms with van der Waals surface area (Å²) in [4.78, 5) is 11.8. The fourth-order valence-electron chi connectivity index (χ4n) is 7.51. The highest BCUT2D eigenvalue weighted by Crippen LogP contribution is 2.39. The van der Waals surface area contributed by atoms with Crippen LogP contribution < -0.4 is 20.7 Å². The Morgan fingerprint density at radius 2 is 1.75 bits per heavy atom. The number of piperidine rings is 1. The van der Waals surface area contributed by atoms with Crippen molar-refractivity contribution in [2.45, 2.75) is 64.5 Å². The number of nitrogens with one attached hydrogen (secondary N) is 2. The number of anilines is 2. The molecule has 0 atom stereocenters. The number of aryl methyl sites for hydroxylation is 3. The Morgan fingerprint density at radius 3 is 2.45 bits per heavy atom. The SMILES string of the molecule is COc1ccc(CNc2ccc(CCn3c(C#N)cc4c(C)c(CN5CCC(Nc6ncnc7sc(CC(F)(F)F)cc67)CC5)ccc43)cc2P(C)(C)=O)cc1. The van der Waals surface area contributed by atoms with Crippen LogP contribution in [-0.4, -0.2) is 65.2 Å². The molecule has 1 fully saturated rings. The number of likely N-dealkylation sites (tertiary alicyclic amines) is 1. The van der Waals surface area contributed by atoms with Crippen molar-refractivity contribution in [3.63, 3.8) is 0 Å². The molecule has 56 heavy (non-hydrogen) atoms. The van der Waals surface area contributed by atoms with Crippen LogP contribution in [0.5, 0.6) is 5.75 Å². The predicted octanol–water partition coefficient (Wildman–Crippen LogP) is 9.12. The number of fused-ring (bicyclic) bond motifs is 2. The monoisotopic (exact) mass is 799 g/mol. The molecule has 1 aliphatic rings. The third kappa shape index (κ3) is 9.04. The molecule has 1 aliphatic heterocycles. The average Bonchev–Trinajstić information content (AvgIpc) is 3.75. The summed E-state index contributed by atoms with van der Waals surface area (Å²) in [6.45, 7) is 9.40. The zero-order valence-electron chi connectivity index (χ0n) is 31.9. The molecule has 0 radical (unpaired) electrons. The largest absolute Gasteiger partial charge is 0.497 e. The number of hydrogen-bond acceptors (Lipinski definition) is 9. The molecule has 4 heterocycles. The van der Waals surface area contributed by atoms with Gasteiger partial charge < -0.3 is 24.5 Å². The molecule has 0 bridgehead atoms. The Balaban J connectivity index is 0.993. The molecule has 3 aromatic carbocycles. The lowest BCUT2D eigenvalue weighted by molar-refractivity contribution is -0.126. The molecule has 2 N–H and O–H groups in total. The normalized spacial score (nSPS) is 14.3. The minimum atomic E-state index is -4.27. The molecule has 14 heteroatoms. The van der Waals surface area contributed by atoms with Crippen LogP contribution in [0.1, 0.15) is 45.7 Å². The van der Waals surface area contributed by atoms with Gasteiger partial charge in [-0.2, -0.15) is 18.4 Å². The van der Waals surface area contributed by atoms with Crippen LogP contribution >= 0.6 is 18.5 Å². The molecule has 0 unspecified atom stereocenters. The van der Waals surface area contributed by atoms with Gasteiger partial charge in [0, 0.05) is 65.5 Å². The van der Waals surface area contributed by atoms with Crippen LogP contribution in [0.4, 0.5) is 24.7 Å². The van der Waals surface area contributed by atoms with Gasteiger partial charge in [-0.25, -0.2) is 9.97 Å². The number of aromatic nitrogens is 3. The smallest absolute Gasteiger partial charge is 0.393 e. The number of ether oxygens (including phenoxy) is 1. The van der Waals surface area contributed by atoms with Crippen molar-refractivity contribution in [3.8, 4) is 11.8 Å². The molecule has 0 saturated carbocycles. The Hall–Kier alpha value is -4.89. The Morgan fingerprint density at radius 1 is 1.00 bits per heavy atom. The lowest BCUT2D eigenvalue weighted by Crippen LogP contribution is -2.39. The predicted molar refractivity (Wildman–Crippen MR) is 220 cm³/mol. The van der Waals surface area contributed by atoms with Gasteiger partial charge in [-0.1, -0.05) is 24.3 Å². The number of alkyl halides is 3. The van der Waals surface area contributed by atoms with E-state index in [1.807, 2.05) is 42.5 Å². The Kier molecular flexibility index (Phi) is 11.5. The van der Waals surface area contributed by atoms with Crippen molar-refractivity contribution < 1.29 is 22.5 Å². The maximum absolute atomic E-state index is 13.4. The number of nitriles is 1. The van der Waals surface area contributed by atoms with Crippen LogP contribution in [0.25, 0.3) is 21.1 Å². The van der Waals surface area contributed by atoms with Crippen molar-refractivity contribution in [2.24, 2.45) is 0 Å². The van der Waals surface area contributed by atoms with Gasteiger partial charge in [0.1, 0.15) is 41.6 Å². The summed E-state index contributed by atoms with van der Waals surface area (Å²) < 4.78 is 59.8. The third-order valence-electron chi connectivity index (χ3n) is 10.6. The number of rotatable bonds is 13. The Labute approximate surface area is 328 Å². The first kappa shape index (κ1) is 39.3. The quantitative estimate of drug-likeness (QED) is 0.112. The van der Waals surface area contributed by atoms with Gasteiger partial charge in [0.15, 0.2) is 0 Å². The van der Waals surface area contributed by atoms with Crippen LogP contribution in [0.15, 0.2) is 73.1 Å². The second kappa shape index (κ2) is 16.3. The molecule has 1 saturated heterocycles. The molecule has 3 aromatic heterocycles. The van der Waals surface area contributed by atoms with E-state index >= 15 is 0 Å². The standard InChI is InChI=1S/C42H45F3N7O2PS/c1-27-30(25-51-16-14-31(15-17-51)50-40-36-21-34(22-42(43,44)45)56-41(36)49-26-48-40)8-12-38-35(27)20-32(23-46)52(38)18-13-28-7-11-37(39(19-28)55(3,4)53)47-24-29-5-9-33(54-2)10-6-29/h5-12,19-21,26,31,47H,13-18,22,24-25H2,1-4H3,(H,48,49,50). The van der Waals surface area contributed by atoms with Crippen molar-refractivity contribution in [1.82, 2.24) is 19.4 Å². The zero-order valence-corrected chi connectivity index (χ0v) is 33.6. The zero-order chi connectivity index (χ0) is 39.6.